The maximum atomic E-state index is 12.2. The van der Waals surface area contributed by atoms with Crippen molar-refractivity contribution in [2.45, 2.75) is 33.1 Å². The largest absolute Gasteiger partial charge is 0.355 e. The lowest BCUT2D eigenvalue weighted by Crippen LogP contribution is -2.43. The lowest BCUT2D eigenvalue weighted by atomic mass is 9.96. The van der Waals surface area contributed by atoms with Crippen molar-refractivity contribution in [3.05, 3.63) is 36.2 Å². The van der Waals surface area contributed by atoms with Gasteiger partial charge < -0.3 is 10.2 Å². The molecule has 2 aromatic rings. The average molecular weight is 369 g/mol. The van der Waals surface area contributed by atoms with Crippen molar-refractivity contribution in [3.8, 4) is 11.4 Å². The van der Waals surface area contributed by atoms with E-state index in [0.717, 1.165) is 31.5 Å². The van der Waals surface area contributed by atoms with E-state index in [4.69, 9.17) is 0 Å². The second-order valence-corrected chi connectivity index (χ2v) is 7.38. The third-order valence-electron chi connectivity index (χ3n) is 4.90. The molecule has 0 aliphatic carbocycles. The maximum Gasteiger partial charge on any atom is 0.227 e. The predicted octanol–water partition coefficient (Wildman–Crippen LogP) is 2.02. The highest BCUT2D eigenvalue weighted by Crippen LogP contribution is 2.18. The Morgan fingerprint density at radius 3 is 2.59 bits per heavy atom. The number of hydrogen-bond donors (Lipinski definition) is 2. The number of nitrogens with zero attached hydrogens (tertiary/aromatic N) is 3. The molecule has 27 heavy (non-hydrogen) atoms. The zero-order valence-electron chi connectivity index (χ0n) is 15.9. The van der Waals surface area contributed by atoms with Crippen molar-refractivity contribution >= 4 is 11.8 Å². The number of hydrogen-bond acceptors (Lipinski definition) is 4. The molecule has 1 saturated heterocycles. The molecular formula is C20H27N5O2. The Balaban J connectivity index is 1.42. The van der Waals surface area contributed by atoms with Gasteiger partial charge in [-0.1, -0.05) is 44.2 Å². The monoisotopic (exact) mass is 369 g/mol. The first kappa shape index (κ1) is 19.1. The van der Waals surface area contributed by atoms with E-state index in [1.165, 1.54) is 0 Å². The summed E-state index contributed by atoms with van der Waals surface area (Å²) in [6.45, 7) is 6.06. The van der Waals surface area contributed by atoms with Gasteiger partial charge in [0.25, 0.3) is 0 Å². The Hall–Kier alpha value is -2.70. The van der Waals surface area contributed by atoms with Crippen LogP contribution in [0, 0.1) is 11.8 Å². The summed E-state index contributed by atoms with van der Waals surface area (Å²) in [5.74, 6) is 1.77. The first-order valence-corrected chi connectivity index (χ1v) is 9.55. The van der Waals surface area contributed by atoms with Gasteiger partial charge in [0.2, 0.25) is 11.8 Å². The third kappa shape index (κ3) is 5.15. The van der Waals surface area contributed by atoms with Crippen LogP contribution in [-0.4, -0.2) is 51.5 Å². The zero-order chi connectivity index (χ0) is 19.2. The summed E-state index contributed by atoms with van der Waals surface area (Å²) in [5.41, 5.74) is 0.920. The van der Waals surface area contributed by atoms with E-state index in [0.29, 0.717) is 24.1 Å². The molecule has 1 fully saturated rings. The average Bonchev–Trinajstić information content (AvgIpc) is 3.15. The van der Waals surface area contributed by atoms with E-state index in [9.17, 15) is 9.59 Å². The smallest absolute Gasteiger partial charge is 0.227 e. The number of likely N-dealkylation sites (tertiary alicyclic amines) is 1. The van der Waals surface area contributed by atoms with Gasteiger partial charge in [-0.05, 0) is 18.8 Å². The topological polar surface area (TPSA) is 91.0 Å². The quantitative estimate of drug-likeness (QED) is 0.815. The van der Waals surface area contributed by atoms with Crippen LogP contribution in [0.25, 0.3) is 11.4 Å². The summed E-state index contributed by atoms with van der Waals surface area (Å²) in [7, 11) is 0. The van der Waals surface area contributed by atoms with Crippen LogP contribution >= 0.6 is 0 Å². The van der Waals surface area contributed by atoms with Gasteiger partial charge in [0.15, 0.2) is 5.82 Å². The molecule has 144 valence electrons. The van der Waals surface area contributed by atoms with Crippen LogP contribution in [0.4, 0.5) is 0 Å². The Bertz CT molecular complexity index is 764. The van der Waals surface area contributed by atoms with Gasteiger partial charge in [0.1, 0.15) is 5.82 Å². The van der Waals surface area contributed by atoms with Crippen LogP contribution < -0.4 is 5.32 Å². The number of aromatic amines is 1. The van der Waals surface area contributed by atoms with Crippen LogP contribution in [0.5, 0.6) is 0 Å². The van der Waals surface area contributed by atoms with E-state index < -0.39 is 0 Å². The fraction of sp³-hybridized carbons (Fsp3) is 0.500. The van der Waals surface area contributed by atoms with Crippen molar-refractivity contribution in [3.63, 3.8) is 0 Å². The van der Waals surface area contributed by atoms with Gasteiger partial charge in [0.05, 0.1) is 6.42 Å². The van der Waals surface area contributed by atoms with Crippen molar-refractivity contribution in [2.75, 3.05) is 19.6 Å². The fourth-order valence-electron chi connectivity index (χ4n) is 3.29. The first-order chi connectivity index (χ1) is 13.0. The highest BCUT2D eigenvalue weighted by Gasteiger charge is 2.24. The van der Waals surface area contributed by atoms with Crippen LogP contribution in [-0.2, 0) is 16.0 Å². The molecule has 2 N–H and O–H groups in total. The molecule has 1 aromatic carbocycles. The van der Waals surface area contributed by atoms with Crippen molar-refractivity contribution < 1.29 is 9.59 Å². The second-order valence-electron chi connectivity index (χ2n) is 7.38. The Labute approximate surface area is 159 Å². The van der Waals surface area contributed by atoms with Crippen LogP contribution in [0.15, 0.2) is 30.3 Å². The number of amides is 2. The molecule has 2 amide bonds. The Kier molecular flexibility index (Phi) is 6.21. The van der Waals surface area contributed by atoms with Crippen molar-refractivity contribution in [1.29, 1.82) is 0 Å². The number of carbonyl (C=O) groups excluding carboxylic acids is 2. The van der Waals surface area contributed by atoms with Crippen LogP contribution in [0.1, 0.15) is 32.5 Å². The van der Waals surface area contributed by atoms with E-state index in [2.05, 4.69) is 20.5 Å². The van der Waals surface area contributed by atoms with Gasteiger partial charge in [-0.25, -0.2) is 4.98 Å². The summed E-state index contributed by atoms with van der Waals surface area (Å²) in [6.07, 6.45) is 2.04. The summed E-state index contributed by atoms with van der Waals surface area (Å²) in [4.78, 5) is 30.5. The normalized spacial score (nSPS) is 15.1. The lowest BCUT2D eigenvalue weighted by Gasteiger charge is -2.33. The van der Waals surface area contributed by atoms with Gasteiger partial charge >= 0.3 is 0 Å². The Morgan fingerprint density at radius 2 is 1.93 bits per heavy atom. The predicted molar refractivity (Wildman–Crippen MR) is 103 cm³/mol. The van der Waals surface area contributed by atoms with E-state index in [1.807, 2.05) is 49.1 Å². The molecule has 0 radical (unpaired) electrons. The Morgan fingerprint density at radius 1 is 1.22 bits per heavy atom. The van der Waals surface area contributed by atoms with Gasteiger partial charge in [-0.3, -0.25) is 14.7 Å². The highest BCUT2D eigenvalue weighted by atomic mass is 16.2. The van der Waals surface area contributed by atoms with E-state index >= 15 is 0 Å². The zero-order valence-corrected chi connectivity index (χ0v) is 15.9. The minimum Gasteiger partial charge on any atom is -0.355 e. The number of aromatic nitrogens is 3. The summed E-state index contributed by atoms with van der Waals surface area (Å²) in [6, 6.07) is 9.66. The summed E-state index contributed by atoms with van der Waals surface area (Å²) >= 11 is 0. The highest BCUT2D eigenvalue weighted by molar-refractivity contribution is 5.78. The maximum absolute atomic E-state index is 12.2. The van der Waals surface area contributed by atoms with Crippen molar-refractivity contribution in [2.24, 2.45) is 11.8 Å². The molecule has 3 rings (SSSR count). The molecule has 0 spiro atoms. The molecule has 1 aliphatic rings. The number of rotatable bonds is 6. The molecule has 2 heterocycles. The molecule has 1 aromatic heterocycles. The summed E-state index contributed by atoms with van der Waals surface area (Å²) in [5, 5.41) is 10.00. The SMILES string of the molecule is CC(C)C(=O)N1CCC(CNC(=O)Cc2nc(-c3ccccc3)n[nH]2)CC1. The lowest BCUT2D eigenvalue weighted by molar-refractivity contribution is -0.136. The molecule has 1 aliphatic heterocycles. The number of nitrogens with one attached hydrogen (secondary N) is 2. The molecule has 0 atom stereocenters. The first-order valence-electron chi connectivity index (χ1n) is 9.55. The van der Waals surface area contributed by atoms with Crippen LogP contribution in [0.3, 0.4) is 0 Å². The van der Waals surface area contributed by atoms with Gasteiger partial charge in [-0.15, -0.1) is 0 Å². The van der Waals surface area contributed by atoms with E-state index in [1.54, 1.807) is 0 Å². The molecule has 0 bridgehead atoms. The number of piperidine rings is 1. The fourth-order valence-corrected chi connectivity index (χ4v) is 3.29. The van der Waals surface area contributed by atoms with Gasteiger partial charge in [-0.2, -0.15) is 5.10 Å². The minimum atomic E-state index is -0.0635. The van der Waals surface area contributed by atoms with Crippen molar-refractivity contribution in [1.82, 2.24) is 25.4 Å². The molecule has 0 unspecified atom stereocenters. The molecular weight excluding hydrogens is 342 g/mol. The number of carbonyl (C=O) groups is 2. The van der Waals surface area contributed by atoms with Crippen LogP contribution in [0.2, 0.25) is 0 Å². The number of benzene rings is 1. The standard InChI is InChI=1S/C20H27N5O2/c1-14(2)20(27)25-10-8-15(9-11-25)13-21-18(26)12-17-22-19(24-23-17)16-6-4-3-5-7-16/h3-7,14-15H,8-13H2,1-2H3,(H,21,26)(H,22,23,24). The number of H-pyrrole nitrogens is 1. The summed E-state index contributed by atoms with van der Waals surface area (Å²) < 4.78 is 0. The molecule has 7 nitrogen and oxygen atoms in total. The third-order valence-corrected chi connectivity index (χ3v) is 4.90. The minimum absolute atomic E-state index is 0.0453. The van der Waals surface area contributed by atoms with E-state index in [-0.39, 0.29) is 24.2 Å². The molecule has 0 saturated carbocycles. The molecule has 7 heteroatoms. The second kappa shape index (κ2) is 8.79. The van der Waals surface area contributed by atoms with Gasteiger partial charge in [0, 0.05) is 31.1 Å².